The molecule has 1 aliphatic heterocycles. The summed E-state index contributed by atoms with van der Waals surface area (Å²) < 4.78 is 18.4. The van der Waals surface area contributed by atoms with E-state index in [1.165, 1.54) is 12.1 Å². The molecular weight excluding hydrogens is 365 g/mol. The quantitative estimate of drug-likeness (QED) is 0.675. The van der Waals surface area contributed by atoms with Crippen molar-refractivity contribution in [3.05, 3.63) is 64.4 Å². The zero-order valence-electron chi connectivity index (χ0n) is 14.8. The van der Waals surface area contributed by atoms with Crippen molar-refractivity contribution >= 4 is 17.2 Å². The maximum Gasteiger partial charge on any atom is 0.227 e. The highest BCUT2D eigenvalue weighted by molar-refractivity contribution is 7.09. The minimum atomic E-state index is -0.280. The van der Waals surface area contributed by atoms with Gasteiger partial charge in [-0.25, -0.2) is 9.37 Å². The normalized spacial score (nSPS) is 15.2. The summed E-state index contributed by atoms with van der Waals surface area (Å²) in [6.45, 7) is 3.84. The standard InChI is InChI=1S/C20H20FN3O2S/c21-16-5-3-15(4-6-16)12-20(25)24-9-7-23(8-10-24)13-19-22-17(14-27-19)18-2-1-11-26-18/h1-6,11,14H,7-10,12-13H2. The molecule has 0 spiro atoms. The molecule has 0 atom stereocenters. The second-order valence-corrected chi connectivity index (χ2v) is 7.51. The Morgan fingerprint density at radius 1 is 1.15 bits per heavy atom. The maximum absolute atomic E-state index is 13.0. The van der Waals surface area contributed by atoms with Gasteiger partial charge in [-0.3, -0.25) is 9.69 Å². The van der Waals surface area contributed by atoms with Gasteiger partial charge in [0.25, 0.3) is 0 Å². The number of hydrogen-bond donors (Lipinski definition) is 0. The summed E-state index contributed by atoms with van der Waals surface area (Å²) in [5, 5.41) is 3.06. The molecule has 3 aromatic rings. The fraction of sp³-hybridized carbons (Fsp3) is 0.300. The van der Waals surface area contributed by atoms with Crippen molar-refractivity contribution in [3.8, 4) is 11.5 Å². The first kappa shape index (κ1) is 17.9. The SMILES string of the molecule is O=C(Cc1ccc(F)cc1)N1CCN(Cc2nc(-c3ccco3)cs2)CC1. The van der Waals surface area contributed by atoms with Crippen LogP contribution in [-0.4, -0.2) is 46.9 Å². The van der Waals surface area contributed by atoms with Crippen LogP contribution in [0.5, 0.6) is 0 Å². The highest BCUT2D eigenvalue weighted by atomic mass is 32.1. The van der Waals surface area contributed by atoms with Crippen LogP contribution in [0.4, 0.5) is 4.39 Å². The molecule has 0 unspecified atom stereocenters. The first-order valence-corrected chi connectivity index (χ1v) is 9.78. The molecule has 1 aliphatic rings. The number of halogens is 1. The molecule has 0 saturated carbocycles. The monoisotopic (exact) mass is 385 g/mol. The summed E-state index contributed by atoms with van der Waals surface area (Å²) in [6.07, 6.45) is 1.97. The zero-order valence-corrected chi connectivity index (χ0v) is 15.6. The van der Waals surface area contributed by atoms with Crippen LogP contribution in [0.2, 0.25) is 0 Å². The molecule has 0 radical (unpaired) electrons. The highest BCUT2D eigenvalue weighted by Crippen LogP contribution is 2.23. The Kier molecular flexibility index (Phi) is 5.31. The van der Waals surface area contributed by atoms with Gasteiger partial charge in [0.1, 0.15) is 16.5 Å². The van der Waals surface area contributed by atoms with E-state index >= 15 is 0 Å². The average molecular weight is 385 g/mol. The fourth-order valence-corrected chi connectivity index (χ4v) is 3.98. The zero-order chi connectivity index (χ0) is 18.6. The van der Waals surface area contributed by atoms with Crippen LogP contribution < -0.4 is 0 Å². The van der Waals surface area contributed by atoms with E-state index in [-0.39, 0.29) is 11.7 Å². The lowest BCUT2D eigenvalue weighted by atomic mass is 10.1. The smallest absolute Gasteiger partial charge is 0.227 e. The van der Waals surface area contributed by atoms with E-state index in [0.717, 1.165) is 41.7 Å². The number of rotatable bonds is 5. The largest absolute Gasteiger partial charge is 0.463 e. The molecule has 1 saturated heterocycles. The minimum absolute atomic E-state index is 0.0932. The van der Waals surface area contributed by atoms with Crippen molar-refractivity contribution in [2.45, 2.75) is 13.0 Å². The summed E-state index contributed by atoms with van der Waals surface area (Å²) in [7, 11) is 0. The van der Waals surface area contributed by atoms with Crippen molar-refractivity contribution in [3.63, 3.8) is 0 Å². The molecule has 1 fully saturated rings. The lowest BCUT2D eigenvalue weighted by molar-refractivity contribution is -0.132. The third kappa shape index (κ3) is 4.43. The van der Waals surface area contributed by atoms with E-state index in [0.29, 0.717) is 19.5 Å². The van der Waals surface area contributed by atoms with Gasteiger partial charge in [-0.1, -0.05) is 12.1 Å². The Labute approximate surface area is 161 Å². The van der Waals surface area contributed by atoms with Crippen LogP contribution in [-0.2, 0) is 17.8 Å². The molecule has 0 aliphatic carbocycles. The molecule has 140 valence electrons. The molecule has 2 aromatic heterocycles. The van der Waals surface area contributed by atoms with Crippen LogP contribution in [0.1, 0.15) is 10.6 Å². The van der Waals surface area contributed by atoms with Crippen molar-refractivity contribution in [1.82, 2.24) is 14.8 Å². The van der Waals surface area contributed by atoms with E-state index in [1.54, 1.807) is 29.7 Å². The predicted molar refractivity (Wildman–Crippen MR) is 102 cm³/mol. The third-order valence-electron chi connectivity index (χ3n) is 4.68. The predicted octanol–water partition coefficient (Wildman–Crippen LogP) is 3.43. The van der Waals surface area contributed by atoms with Gasteiger partial charge in [-0.2, -0.15) is 0 Å². The lowest BCUT2D eigenvalue weighted by Gasteiger charge is -2.34. The van der Waals surface area contributed by atoms with E-state index in [1.807, 2.05) is 22.4 Å². The first-order chi connectivity index (χ1) is 13.2. The number of amides is 1. The molecule has 27 heavy (non-hydrogen) atoms. The van der Waals surface area contributed by atoms with E-state index < -0.39 is 0 Å². The number of carbonyl (C=O) groups excluding carboxylic acids is 1. The molecule has 4 rings (SSSR count). The Morgan fingerprint density at radius 3 is 2.63 bits per heavy atom. The second kappa shape index (κ2) is 8.02. The Hall–Kier alpha value is -2.51. The van der Waals surface area contributed by atoms with Crippen LogP contribution in [0.25, 0.3) is 11.5 Å². The van der Waals surface area contributed by atoms with E-state index in [2.05, 4.69) is 9.88 Å². The number of nitrogens with zero attached hydrogens (tertiary/aromatic N) is 3. The number of hydrogen-bond acceptors (Lipinski definition) is 5. The number of furan rings is 1. The number of aromatic nitrogens is 1. The molecule has 0 bridgehead atoms. The van der Waals surface area contributed by atoms with Gasteiger partial charge < -0.3 is 9.32 Å². The van der Waals surface area contributed by atoms with Crippen LogP contribution >= 0.6 is 11.3 Å². The number of piperazine rings is 1. The Morgan fingerprint density at radius 2 is 1.93 bits per heavy atom. The molecular formula is C20H20FN3O2S. The van der Waals surface area contributed by atoms with E-state index in [4.69, 9.17) is 4.42 Å². The second-order valence-electron chi connectivity index (χ2n) is 6.56. The summed E-state index contributed by atoms with van der Waals surface area (Å²) in [4.78, 5) is 21.3. The number of thiazole rings is 1. The maximum atomic E-state index is 13.0. The van der Waals surface area contributed by atoms with Crippen molar-refractivity contribution in [2.75, 3.05) is 26.2 Å². The lowest BCUT2D eigenvalue weighted by Crippen LogP contribution is -2.48. The van der Waals surface area contributed by atoms with Crippen molar-refractivity contribution < 1.29 is 13.6 Å². The molecule has 7 heteroatoms. The topological polar surface area (TPSA) is 49.6 Å². The average Bonchev–Trinajstić information content (AvgIpc) is 3.36. The number of benzene rings is 1. The van der Waals surface area contributed by atoms with Gasteiger partial charge in [-0.05, 0) is 29.8 Å². The molecule has 0 N–H and O–H groups in total. The van der Waals surface area contributed by atoms with Gasteiger partial charge in [0.05, 0.1) is 19.2 Å². The van der Waals surface area contributed by atoms with Gasteiger partial charge in [0.2, 0.25) is 5.91 Å². The van der Waals surface area contributed by atoms with Gasteiger partial charge in [0.15, 0.2) is 5.76 Å². The summed E-state index contributed by atoms with van der Waals surface area (Å²) in [5.74, 6) is 0.599. The summed E-state index contributed by atoms with van der Waals surface area (Å²) in [6, 6.07) is 9.89. The Balaban J connectivity index is 1.27. The summed E-state index contributed by atoms with van der Waals surface area (Å²) in [5.41, 5.74) is 1.71. The fourth-order valence-electron chi connectivity index (χ4n) is 3.16. The molecule has 1 amide bonds. The van der Waals surface area contributed by atoms with E-state index in [9.17, 15) is 9.18 Å². The molecule has 1 aromatic carbocycles. The van der Waals surface area contributed by atoms with Crippen LogP contribution in [0, 0.1) is 5.82 Å². The number of carbonyl (C=O) groups is 1. The van der Waals surface area contributed by atoms with Gasteiger partial charge in [0, 0.05) is 31.6 Å². The molecule has 5 nitrogen and oxygen atoms in total. The van der Waals surface area contributed by atoms with Crippen molar-refractivity contribution in [2.24, 2.45) is 0 Å². The van der Waals surface area contributed by atoms with Crippen molar-refractivity contribution in [1.29, 1.82) is 0 Å². The van der Waals surface area contributed by atoms with Gasteiger partial charge in [-0.15, -0.1) is 11.3 Å². The summed E-state index contributed by atoms with van der Waals surface area (Å²) >= 11 is 1.63. The minimum Gasteiger partial charge on any atom is -0.463 e. The highest BCUT2D eigenvalue weighted by Gasteiger charge is 2.22. The molecule has 3 heterocycles. The van der Waals surface area contributed by atoms with Gasteiger partial charge >= 0.3 is 0 Å². The van der Waals surface area contributed by atoms with Crippen LogP contribution in [0.15, 0.2) is 52.5 Å². The Bertz CT molecular complexity index is 884. The first-order valence-electron chi connectivity index (χ1n) is 8.90. The van der Waals surface area contributed by atoms with Crippen LogP contribution in [0.3, 0.4) is 0 Å². The third-order valence-corrected chi connectivity index (χ3v) is 5.51.